The number of aromatic nitrogens is 4. The van der Waals surface area contributed by atoms with Crippen LogP contribution in [-0.2, 0) is 11.3 Å². The van der Waals surface area contributed by atoms with Crippen molar-refractivity contribution in [2.75, 3.05) is 32.8 Å². The van der Waals surface area contributed by atoms with E-state index in [2.05, 4.69) is 51.4 Å². The minimum absolute atomic E-state index is 0.855. The number of benzene rings is 1. The normalized spacial score (nSPS) is 15.1. The molecule has 1 aliphatic heterocycles. The van der Waals surface area contributed by atoms with Gasteiger partial charge in [-0.25, -0.2) is 0 Å². The monoisotopic (exact) mass is 363 g/mol. The summed E-state index contributed by atoms with van der Waals surface area (Å²) < 4.78 is 7.44. The van der Waals surface area contributed by atoms with Crippen LogP contribution in [0.25, 0.3) is 22.5 Å². The molecular formula is C21H25N5O. The zero-order valence-electron chi connectivity index (χ0n) is 15.7. The molecule has 0 saturated carbocycles. The highest BCUT2D eigenvalue weighted by Crippen LogP contribution is 2.25. The molecular weight excluding hydrogens is 338 g/mol. The number of ether oxygens (including phenoxy) is 1. The van der Waals surface area contributed by atoms with Crippen molar-refractivity contribution >= 4 is 0 Å². The van der Waals surface area contributed by atoms with Crippen molar-refractivity contribution in [3.05, 3.63) is 54.6 Å². The van der Waals surface area contributed by atoms with Crippen LogP contribution >= 0.6 is 0 Å². The van der Waals surface area contributed by atoms with E-state index in [9.17, 15) is 0 Å². The van der Waals surface area contributed by atoms with Crippen LogP contribution < -0.4 is 0 Å². The average molecular weight is 363 g/mol. The van der Waals surface area contributed by atoms with Gasteiger partial charge in [0.15, 0.2) is 0 Å². The maximum absolute atomic E-state index is 5.40. The van der Waals surface area contributed by atoms with Gasteiger partial charge in [-0.3, -0.25) is 19.5 Å². The van der Waals surface area contributed by atoms with Crippen LogP contribution in [0.1, 0.15) is 12.1 Å². The van der Waals surface area contributed by atoms with Gasteiger partial charge in [0.05, 0.1) is 30.3 Å². The van der Waals surface area contributed by atoms with E-state index in [1.807, 2.05) is 11.6 Å². The molecule has 1 aliphatic rings. The summed E-state index contributed by atoms with van der Waals surface area (Å²) in [5, 5.41) is 4.76. The maximum atomic E-state index is 5.40. The van der Waals surface area contributed by atoms with Gasteiger partial charge in [0.2, 0.25) is 0 Å². The topological polar surface area (TPSA) is 56.1 Å². The van der Waals surface area contributed by atoms with E-state index in [-0.39, 0.29) is 0 Å². The first-order valence-corrected chi connectivity index (χ1v) is 9.51. The van der Waals surface area contributed by atoms with Gasteiger partial charge in [-0.2, -0.15) is 5.10 Å². The Morgan fingerprint density at radius 1 is 1.00 bits per heavy atom. The molecule has 4 rings (SSSR count). The summed E-state index contributed by atoms with van der Waals surface area (Å²) in [5.41, 5.74) is 5.02. The average Bonchev–Trinajstić information content (AvgIpc) is 3.18. The summed E-state index contributed by atoms with van der Waals surface area (Å²) in [5.74, 6) is 0. The predicted molar refractivity (Wildman–Crippen MR) is 105 cm³/mol. The molecule has 0 radical (unpaired) electrons. The van der Waals surface area contributed by atoms with Gasteiger partial charge in [0, 0.05) is 55.9 Å². The third kappa shape index (κ3) is 4.40. The van der Waals surface area contributed by atoms with Crippen molar-refractivity contribution in [3.63, 3.8) is 0 Å². The second kappa shape index (κ2) is 8.41. The third-order valence-corrected chi connectivity index (χ3v) is 4.92. The lowest BCUT2D eigenvalue weighted by atomic mass is 10.0. The first kappa shape index (κ1) is 17.8. The van der Waals surface area contributed by atoms with E-state index < -0.39 is 0 Å². The van der Waals surface area contributed by atoms with Crippen LogP contribution in [0.4, 0.5) is 0 Å². The first-order valence-electron chi connectivity index (χ1n) is 9.51. The predicted octanol–water partition coefficient (Wildman–Crippen LogP) is 3.04. The Bertz CT molecular complexity index is 886. The summed E-state index contributed by atoms with van der Waals surface area (Å²) in [7, 11) is 0. The lowest BCUT2D eigenvalue weighted by Crippen LogP contribution is -2.37. The van der Waals surface area contributed by atoms with Crippen LogP contribution in [-0.4, -0.2) is 57.5 Å². The number of morpholine rings is 1. The first-order chi connectivity index (χ1) is 13.3. The van der Waals surface area contributed by atoms with E-state index >= 15 is 0 Å². The summed E-state index contributed by atoms with van der Waals surface area (Å²) in [6.45, 7) is 7.80. The molecule has 1 fully saturated rings. The number of aryl methyl sites for hydroxylation is 2. The number of hydrogen-bond donors (Lipinski definition) is 0. The number of nitrogens with zero attached hydrogens (tertiary/aromatic N) is 5. The Labute approximate surface area is 159 Å². The van der Waals surface area contributed by atoms with Crippen LogP contribution in [0, 0.1) is 6.92 Å². The Kier molecular flexibility index (Phi) is 5.55. The molecule has 6 nitrogen and oxygen atoms in total. The van der Waals surface area contributed by atoms with Crippen LogP contribution in [0.5, 0.6) is 0 Å². The summed E-state index contributed by atoms with van der Waals surface area (Å²) in [6.07, 6.45) is 6.62. The summed E-state index contributed by atoms with van der Waals surface area (Å²) in [6, 6.07) is 10.4. The lowest BCUT2D eigenvalue weighted by Gasteiger charge is -2.26. The van der Waals surface area contributed by atoms with Crippen molar-refractivity contribution in [1.29, 1.82) is 0 Å². The molecule has 3 aromatic rings. The highest BCUT2D eigenvalue weighted by Gasteiger charge is 2.10. The molecule has 3 heterocycles. The highest BCUT2D eigenvalue weighted by atomic mass is 16.5. The molecule has 1 saturated heterocycles. The van der Waals surface area contributed by atoms with E-state index in [1.165, 1.54) is 0 Å². The highest BCUT2D eigenvalue weighted by molar-refractivity contribution is 5.70. The fourth-order valence-corrected chi connectivity index (χ4v) is 3.44. The smallest absolute Gasteiger partial charge is 0.0923 e. The van der Waals surface area contributed by atoms with Crippen molar-refractivity contribution in [2.45, 2.75) is 19.9 Å². The molecule has 0 bridgehead atoms. The third-order valence-electron chi connectivity index (χ3n) is 4.92. The van der Waals surface area contributed by atoms with Crippen LogP contribution in [0.2, 0.25) is 0 Å². The molecule has 0 spiro atoms. The van der Waals surface area contributed by atoms with Gasteiger partial charge in [0.1, 0.15) is 0 Å². The number of hydrogen-bond acceptors (Lipinski definition) is 5. The van der Waals surface area contributed by atoms with Gasteiger partial charge in [-0.1, -0.05) is 18.2 Å². The second-order valence-corrected chi connectivity index (χ2v) is 6.84. The molecule has 140 valence electrons. The number of rotatable bonds is 6. The van der Waals surface area contributed by atoms with E-state index in [4.69, 9.17) is 9.84 Å². The minimum Gasteiger partial charge on any atom is -0.379 e. The maximum Gasteiger partial charge on any atom is 0.0923 e. The minimum atomic E-state index is 0.855. The van der Waals surface area contributed by atoms with E-state index in [0.717, 1.165) is 74.0 Å². The standard InChI is InChI=1S/C21H25N5O/c1-17-21(23-8-7-22-17)19-5-2-4-18(16-19)20-6-11-26(24-20)10-3-9-25-12-14-27-15-13-25/h2,4-8,11,16H,3,9-10,12-15H2,1H3. The second-order valence-electron chi connectivity index (χ2n) is 6.84. The fraction of sp³-hybridized carbons (Fsp3) is 0.381. The zero-order chi connectivity index (χ0) is 18.5. The Hall–Kier alpha value is -2.57. The van der Waals surface area contributed by atoms with Crippen molar-refractivity contribution in [1.82, 2.24) is 24.6 Å². The summed E-state index contributed by atoms with van der Waals surface area (Å²) in [4.78, 5) is 11.3. The lowest BCUT2D eigenvalue weighted by molar-refractivity contribution is 0.0368. The molecule has 1 aromatic carbocycles. The van der Waals surface area contributed by atoms with Crippen molar-refractivity contribution < 1.29 is 4.74 Å². The molecule has 27 heavy (non-hydrogen) atoms. The Morgan fingerprint density at radius 3 is 2.67 bits per heavy atom. The van der Waals surface area contributed by atoms with Gasteiger partial charge in [0.25, 0.3) is 0 Å². The Morgan fingerprint density at radius 2 is 1.81 bits per heavy atom. The molecule has 0 amide bonds. The van der Waals surface area contributed by atoms with Gasteiger partial charge in [-0.05, 0) is 25.5 Å². The molecule has 0 N–H and O–H groups in total. The van der Waals surface area contributed by atoms with Crippen molar-refractivity contribution in [2.24, 2.45) is 0 Å². The fourth-order valence-electron chi connectivity index (χ4n) is 3.44. The van der Waals surface area contributed by atoms with Crippen molar-refractivity contribution in [3.8, 4) is 22.5 Å². The van der Waals surface area contributed by atoms with Gasteiger partial charge >= 0.3 is 0 Å². The molecule has 6 heteroatoms. The molecule has 0 aliphatic carbocycles. The molecule has 0 unspecified atom stereocenters. The molecule has 2 aromatic heterocycles. The SMILES string of the molecule is Cc1nccnc1-c1cccc(-c2ccn(CCCN3CCOCC3)n2)c1. The summed E-state index contributed by atoms with van der Waals surface area (Å²) >= 11 is 0. The van der Waals surface area contributed by atoms with E-state index in [0.29, 0.717) is 0 Å². The largest absolute Gasteiger partial charge is 0.379 e. The zero-order valence-corrected chi connectivity index (χ0v) is 15.7. The van der Waals surface area contributed by atoms with E-state index in [1.54, 1.807) is 12.4 Å². The van der Waals surface area contributed by atoms with Gasteiger partial charge in [-0.15, -0.1) is 0 Å². The Balaban J connectivity index is 1.42. The molecule has 0 atom stereocenters. The van der Waals surface area contributed by atoms with Gasteiger partial charge < -0.3 is 4.74 Å². The quantitative estimate of drug-likeness (QED) is 0.674. The van der Waals surface area contributed by atoms with Crippen LogP contribution in [0.15, 0.2) is 48.9 Å². The van der Waals surface area contributed by atoms with Crippen LogP contribution in [0.3, 0.4) is 0 Å².